The molecule has 0 saturated heterocycles. The highest BCUT2D eigenvalue weighted by Crippen LogP contribution is 2.16. The largest absolute Gasteiger partial charge is 0.457 e. The molecular weight excluding hydrogens is 355 g/mol. The van der Waals surface area contributed by atoms with Crippen LogP contribution in [-0.4, -0.2) is 15.5 Å². The number of ether oxygens (including phenoxy) is 1. The fourth-order valence-corrected chi connectivity index (χ4v) is 2.72. The van der Waals surface area contributed by atoms with Crippen LogP contribution in [0.1, 0.15) is 22.8 Å². The van der Waals surface area contributed by atoms with Crippen LogP contribution in [0, 0.1) is 15.9 Å². The Labute approximate surface area is 152 Å². The minimum absolute atomic E-state index is 0.0764. The first kappa shape index (κ1) is 18.2. The molecule has 3 rings (SSSR count). The summed E-state index contributed by atoms with van der Waals surface area (Å²) in [6.07, 6.45) is 1.39. The smallest absolute Gasteiger partial charge is 0.343 e. The number of halogens is 1. The number of nitro benzene ring substituents is 1. The molecule has 0 bridgehead atoms. The lowest BCUT2D eigenvalue weighted by Gasteiger charge is -2.11. The summed E-state index contributed by atoms with van der Waals surface area (Å²) in [4.78, 5) is 35.1. The van der Waals surface area contributed by atoms with Crippen molar-refractivity contribution in [2.45, 2.75) is 20.1 Å². The molecule has 8 heteroatoms. The predicted molar refractivity (Wildman–Crippen MR) is 96.1 cm³/mol. The molecule has 0 saturated carbocycles. The highest BCUT2D eigenvalue weighted by molar-refractivity contribution is 5.93. The van der Waals surface area contributed by atoms with Gasteiger partial charge in [-0.25, -0.2) is 9.18 Å². The van der Waals surface area contributed by atoms with Crippen molar-refractivity contribution in [3.63, 3.8) is 0 Å². The van der Waals surface area contributed by atoms with E-state index in [1.54, 1.807) is 4.57 Å². The van der Waals surface area contributed by atoms with Gasteiger partial charge in [0.25, 0.3) is 5.69 Å². The summed E-state index contributed by atoms with van der Waals surface area (Å²) in [7, 11) is 0. The van der Waals surface area contributed by atoms with Crippen LogP contribution in [0.4, 0.5) is 10.1 Å². The number of rotatable bonds is 5. The molecule has 0 amide bonds. The van der Waals surface area contributed by atoms with Gasteiger partial charge in [-0.2, -0.15) is 0 Å². The molecule has 0 atom stereocenters. The summed E-state index contributed by atoms with van der Waals surface area (Å²) in [6.45, 7) is 2.16. The van der Waals surface area contributed by atoms with Gasteiger partial charge in [0.05, 0.1) is 10.4 Å². The molecule has 27 heavy (non-hydrogen) atoms. The lowest BCUT2D eigenvalue weighted by Crippen LogP contribution is -2.21. The number of carbonyl (C=O) groups excluding carboxylic acids is 1. The number of carbonyl (C=O) groups is 1. The van der Waals surface area contributed by atoms with Gasteiger partial charge in [-0.05, 0) is 42.8 Å². The number of fused-ring (bicyclic) bond motifs is 1. The standard InChI is InChI=1S/C19H15FN2O5/c1-2-21-10-16(18(23)15-9-13(20)5-8-17(15)21)19(24)27-11-12-3-6-14(7-4-12)22(25)26/h3-10H,2,11H2,1H3. The number of nitrogens with zero attached hydrogens (tertiary/aromatic N) is 2. The lowest BCUT2D eigenvalue weighted by atomic mass is 10.1. The van der Waals surface area contributed by atoms with E-state index in [4.69, 9.17) is 4.74 Å². The summed E-state index contributed by atoms with van der Waals surface area (Å²) >= 11 is 0. The van der Waals surface area contributed by atoms with E-state index in [0.717, 1.165) is 6.07 Å². The number of nitro groups is 1. The Bertz CT molecular complexity index is 1090. The van der Waals surface area contributed by atoms with Crippen molar-refractivity contribution in [3.8, 4) is 0 Å². The quantitative estimate of drug-likeness (QED) is 0.390. The zero-order valence-electron chi connectivity index (χ0n) is 14.3. The second-order valence-electron chi connectivity index (χ2n) is 5.82. The Morgan fingerprint density at radius 3 is 2.56 bits per heavy atom. The highest BCUT2D eigenvalue weighted by atomic mass is 19.1. The van der Waals surface area contributed by atoms with E-state index in [-0.39, 0.29) is 23.2 Å². The average Bonchev–Trinajstić information content (AvgIpc) is 2.67. The Balaban J connectivity index is 1.88. The molecule has 0 N–H and O–H groups in total. The van der Waals surface area contributed by atoms with E-state index in [1.807, 2.05) is 6.92 Å². The van der Waals surface area contributed by atoms with E-state index in [2.05, 4.69) is 0 Å². The number of esters is 1. The molecule has 3 aromatic rings. The van der Waals surface area contributed by atoms with E-state index >= 15 is 0 Å². The second-order valence-corrected chi connectivity index (χ2v) is 5.82. The van der Waals surface area contributed by atoms with Crippen LogP contribution in [0.3, 0.4) is 0 Å². The first-order valence-corrected chi connectivity index (χ1v) is 8.14. The third-order valence-electron chi connectivity index (χ3n) is 4.12. The molecule has 0 aliphatic heterocycles. The van der Waals surface area contributed by atoms with Crippen LogP contribution < -0.4 is 5.43 Å². The molecular formula is C19H15FN2O5. The van der Waals surface area contributed by atoms with E-state index in [1.165, 1.54) is 42.6 Å². The van der Waals surface area contributed by atoms with Crippen LogP contribution in [-0.2, 0) is 17.9 Å². The van der Waals surface area contributed by atoms with Crippen molar-refractivity contribution in [1.82, 2.24) is 4.57 Å². The van der Waals surface area contributed by atoms with E-state index < -0.39 is 22.1 Å². The van der Waals surface area contributed by atoms with Crippen LogP contribution in [0.25, 0.3) is 10.9 Å². The number of non-ortho nitro benzene ring substituents is 1. The molecule has 0 aliphatic carbocycles. The van der Waals surface area contributed by atoms with Crippen LogP contribution in [0.15, 0.2) is 53.5 Å². The molecule has 0 spiro atoms. The SMILES string of the molecule is CCn1cc(C(=O)OCc2ccc([N+](=O)[O-])cc2)c(=O)c2cc(F)ccc21. The molecule has 0 radical (unpaired) electrons. The fraction of sp³-hybridized carbons (Fsp3) is 0.158. The van der Waals surface area contributed by atoms with Gasteiger partial charge in [-0.3, -0.25) is 14.9 Å². The van der Waals surface area contributed by atoms with Crippen molar-refractivity contribution < 1.29 is 18.8 Å². The van der Waals surface area contributed by atoms with Crippen LogP contribution in [0.5, 0.6) is 0 Å². The van der Waals surface area contributed by atoms with Gasteiger partial charge in [0, 0.05) is 30.3 Å². The molecule has 1 heterocycles. The maximum atomic E-state index is 13.5. The molecule has 138 valence electrons. The normalized spacial score (nSPS) is 10.7. The Morgan fingerprint density at radius 1 is 1.22 bits per heavy atom. The van der Waals surface area contributed by atoms with Crippen molar-refractivity contribution in [2.75, 3.05) is 0 Å². The second kappa shape index (κ2) is 7.36. The number of hydrogen-bond donors (Lipinski definition) is 0. The van der Waals surface area contributed by atoms with Gasteiger partial charge in [0.2, 0.25) is 5.43 Å². The first-order valence-electron chi connectivity index (χ1n) is 8.14. The maximum Gasteiger partial charge on any atom is 0.343 e. The van der Waals surface area contributed by atoms with Gasteiger partial charge in [-0.1, -0.05) is 0 Å². The van der Waals surface area contributed by atoms with Crippen molar-refractivity contribution in [2.24, 2.45) is 0 Å². The summed E-state index contributed by atoms with van der Waals surface area (Å²) in [5, 5.41) is 10.7. The Kier molecular flexibility index (Phi) is 4.98. The number of aromatic nitrogens is 1. The summed E-state index contributed by atoms with van der Waals surface area (Å²) < 4.78 is 20.4. The highest BCUT2D eigenvalue weighted by Gasteiger charge is 2.17. The summed E-state index contributed by atoms with van der Waals surface area (Å²) in [5.41, 5.74) is 0.180. The van der Waals surface area contributed by atoms with E-state index in [0.29, 0.717) is 17.6 Å². The zero-order valence-corrected chi connectivity index (χ0v) is 14.3. The number of aryl methyl sites for hydroxylation is 1. The average molecular weight is 370 g/mol. The van der Waals surface area contributed by atoms with Crippen LogP contribution >= 0.6 is 0 Å². The van der Waals surface area contributed by atoms with Gasteiger partial charge in [0.15, 0.2) is 0 Å². The van der Waals surface area contributed by atoms with Gasteiger partial charge in [-0.15, -0.1) is 0 Å². The van der Waals surface area contributed by atoms with Crippen molar-refractivity contribution >= 4 is 22.6 Å². The van der Waals surface area contributed by atoms with Gasteiger partial charge in [0.1, 0.15) is 18.0 Å². The van der Waals surface area contributed by atoms with Gasteiger partial charge < -0.3 is 9.30 Å². The third-order valence-corrected chi connectivity index (χ3v) is 4.12. The van der Waals surface area contributed by atoms with E-state index in [9.17, 15) is 24.1 Å². The Morgan fingerprint density at radius 2 is 1.93 bits per heavy atom. The Hall–Kier alpha value is -3.55. The minimum Gasteiger partial charge on any atom is -0.457 e. The predicted octanol–water partition coefficient (Wildman–Crippen LogP) is 3.43. The van der Waals surface area contributed by atoms with Gasteiger partial charge >= 0.3 is 5.97 Å². The van der Waals surface area contributed by atoms with Crippen LogP contribution in [0.2, 0.25) is 0 Å². The fourth-order valence-electron chi connectivity index (χ4n) is 2.72. The molecule has 0 unspecified atom stereocenters. The number of benzene rings is 2. The third kappa shape index (κ3) is 3.69. The zero-order chi connectivity index (χ0) is 19.6. The molecule has 1 aromatic heterocycles. The molecule has 0 aliphatic rings. The topological polar surface area (TPSA) is 91.4 Å². The number of pyridine rings is 1. The minimum atomic E-state index is -0.841. The molecule has 7 nitrogen and oxygen atoms in total. The molecule has 2 aromatic carbocycles. The van der Waals surface area contributed by atoms with Crippen molar-refractivity contribution in [3.05, 3.63) is 85.9 Å². The summed E-state index contributed by atoms with van der Waals surface area (Å²) in [5.74, 6) is -1.41. The maximum absolute atomic E-state index is 13.5. The summed E-state index contributed by atoms with van der Waals surface area (Å²) in [6, 6.07) is 9.36. The molecule has 0 fully saturated rings. The monoisotopic (exact) mass is 370 g/mol. The number of hydrogen-bond acceptors (Lipinski definition) is 5. The first-order chi connectivity index (χ1) is 12.9. The lowest BCUT2D eigenvalue weighted by molar-refractivity contribution is -0.384. The van der Waals surface area contributed by atoms with Crippen molar-refractivity contribution in [1.29, 1.82) is 0 Å².